The molecule has 3 rings (SSSR count). The highest BCUT2D eigenvalue weighted by molar-refractivity contribution is 5.69. The molecule has 0 atom stereocenters. The summed E-state index contributed by atoms with van der Waals surface area (Å²) in [6.07, 6.45) is 2.45. The third kappa shape index (κ3) is 1.75. The fourth-order valence-corrected chi connectivity index (χ4v) is 2.02. The third-order valence-electron chi connectivity index (χ3n) is 3.17. The SMILES string of the molecule is Cc1[nH]c(C2CC2)nc1-c1ccc(O)c(N)c1. The monoisotopic (exact) mass is 229 g/mol. The lowest BCUT2D eigenvalue weighted by atomic mass is 10.1. The van der Waals surface area contributed by atoms with Gasteiger partial charge in [0.25, 0.3) is 0 Å². The van der Waals surface area contributed by atoms with Crippen LogP contribution in [0.4, 0.5) is 5.69 Å². The van der Waals surface area contributed by atoms with E-state index in [0.29, 0.717) is 11.6 Å². The van der Waals surface area contributed by atoms with Crippen LogP contribution in [-0.4, -0.2) is 15.1 Å². The molecule has 0 radical (unpaired) electrons. The Balaban J connectivity index is 2.04. The molecule has 0 bridgehead atoms. The molecule has 17 heavy (non-hydrogen) atoms. The Hall–Kier alpha value is -1.97. The topological polar surface area (TPSA) is 74.9 Å². The van der Waals surface area contributed by atoms with Crippen LogP contribution >= 0.6 is 0 Å². The van der Waals surface area contributed by atoms with Crippen molar-refractivity contribution in [1.82, 2.24) is 9.97 Å². The van der Waals surface area contributed by atoms with E-state index in [1.807, 2.05) is 13.0 Å². The quantitative estimate of drug-likeness (QED) is 0.547. The first-order valence-electron chi connectivity index (χ1n) is 5.80. The minimum absolute atomic E-state index is 0.115. The molecule has 1 aliphatic rings. The lowest BCUT2D eigenvalue weighted by molar-refractivity contribution is 0.478. The summed E-state index contributed by atoms with van der Waals surface area (Å²) in [5.41, 5.74) is 9.01. The molecule has 88 valence electrons. The van der Waals surface area contributed by atoms with Crippen LogP contribution in [0, 0.1) is 6.92 Å². The minimum Gasteiger partial charge on any atom is -0.506 e. The Labute approximate surface area is 99.5 Å². The van der Waals surface area contributed by atoms with Crippen LogP contribution in [0.5, 0.6) is 5.75 Å². The number of aromatic hydroxyl groups is 1. The van der Waals surface area contributed by atoms with Crippen LogP contribution in [0.2, 0.25) is 0 Å². The number of aromatic amines is 1. The Kier molecular flexibility index (Phi) is 2.11. The van der Waals surface area contributed by atoms with Gasteiger partial charge in [-0.3, -0.25) is 0 Å². The van der Waals surface area contributed by atoms with Gasteiger partial charge >= 0.3 is 0 Å². The number of nitrogen functional groups attached to an aromatic ring is 1. The third-order valence-corrected chi connectivity index (χ3v) is 3.17. The molecule has 1 aromatic heterocycles. The molecule has 0 aliphatic heterocycles. The maximum absolute atomic E-state index is 9.41. The predicted molar refractivity (Wildman–Crippen MR) is 66.8 cm³/mol. The predicted octanol–water partition coefficient (Wildman–Crippen LogP) is 2.55. The van der Waals surface area contributed by atoms with Crippen molar-refractivity contribution in [3.63, 3.8) is 0 Å². The molecular weight excluding hydrogens is 214 g/mol. The molecule has 0 amide bonds. The molecule has 4 heteroatoms. The van der Waals surface area contributed by atoms with Gasteiger partial charge in [-0.1, -0.05) is 0 Å². The molecule has 4 nitrogen and oxygen atoms in total. The molecule has 0 spiro atoms. The van der Waals surface area contributed by atoms with E-state index in [2.05, 4.69) is 9.97 Å². The highest BCUT2D eigenvalue weighted by Gasteiger charge is 2.27. The second-order valence-corrected chi connectivity index (χ2v) is 4.64. The van der Waals surface area contributed by atoms with Gasteiger partial charge in [-0.15, -0.1) is 0 Å². The van der Waals surface area contributed by atoms with Crippen molar-refractivity contribution in [3.8, 4) is 17.0 Å². The van der Waals surface area contributed by atoms with Crippen LogP contribution in [0.25, 0.3) is 11.3 Å². The average Bonchev–Trinajstić information content (AvgIpc) is 3.07. The van der Waals surface area contributed by atoms with Crippen molar-refractivity contribution in [2.24, 2.45) is 0 Å². The first-order chi connectivity index (χ1) is 8.15. The van der Waals surface area contributed by atoms with Gasteiger partial charge in [-0.2, -0.15) is 0 Å². The number of aromatic nitrogens is 2. The van der Waals surface area contributed by atoms with E-state index in [0.717, 1.165) is 22.8 Å². The van der Waals surface area contributed by atoms with E-state index in [1.54, 1.807) is 12.1 Å². The van der Waals surface area contributed by atoms with Crippen LogP contribution in [0.15, 0.2) is 18.2 Å². The van der Waals surface area contributed by atoms with Gasteiger partial charge < -0.3 is 15.8 Å². The Morgan fingerprint density at radius 3 is 2.82 bits per heavy atom. The van der Waals surface area contributed by atoms with Crippen molar-refractivity contribution in [2.45, 2.75) is 25.7 Å². The fraction of sp³-hybridized carbons (Fsp3) is 0.308. The summed E-state index contributed by atoms with van der Waals surface area (Å²) in [5, 5.41) is 9.41. The Bertz CT molecular complexity index is 570. The zero-order valence-electron chi connectivity index (χ0n) is 9.70. The molecular formula is C13H15N3O. The number of nitrogens with two attached hydrogens (primary N) is 1. The van der Waals surface area contributed by atoms with Gasteiger partial charge in [-0.05, 0) is 38.0 Å². The summed E-state index contributed by atoms with van der Waals surface area (Å²) in [5.74, 6) is 1.80. The smallest absolute Gasteiger partial charge is 0.138 e. The maximum atomic E-state index is 9.41. The van der Waals surface area contributed by atoms with E-state index in [9.17, 15) is 5.11 Å². The van der Waals surface area contributed by atoms with Crippen molar-refractivity contribution < 1.29 is 5.11 Å². The summed E-state index contributed by atoms with van der Waals surface area (Å²) >= 11 is 0. The van der Waals surface area contributed by atoms with Crippen molar-refractivity contribution in [2.75, 3.05) is 5.73 Å². The lowest BCUT2D eigenvalue weighted by Crippen LogP contribution is -1.88. The number of nitrogens with zero attached hydrogens (tertiary/aromatic N) is 1. The van der Waals surface area contributed by atoms with Crippen LogP contribution in [-0.2, 0) is 0 Å². The van der Waals surface area contributed by atoms with Gasteiger partial charge in [0.05, 0.1) is 11.4 Å². The number of H-pyrrole nitrogens is 1. The maximum Gasteiger partial charge on any atom is 0.138 e. The van der Waals surface area contributed by atoms with E-state index < -0.39 is 0 Å². The summed E-state index contributed by atoms with van der Waals surface area (Å²) < 4.78 is 0. The van der Waals surface area contributed by atoms with E-state index in [-0.39, 0.29) is 5.75 Å². The zero-order chi connectivity index (χ0) is 12.0. The van der Waals surface area contributed by atoms with Gasteiger partial charge in [0, 0.05) is 17.2 Å². The fourth-order valence-electron chi connectivity index (χ4n) is 2.02. The molecule has 1 saturated carbocycles. The van der Waals surface area contributed by atoms with Crippen molar-refractivity contribution >= 4 is 5.69 Å². The van der Waals surface area contributed by atoms with Crippen LogP contribution in [0.3, 0.4) is 0 Å². The van der Waals surface area contributed by atoms with E-state index >= 15 is 0 Å². The molecule has 2 aromatic rings. The van der Waals surface area contributed by atoms with E-state index in [4.69, 9.17) is 5.73 Å². The number of phenolic OH excluding ortho intramolecular Hbond substituents is 1. The molecule has 0 unspecified atom stereocenters. The number of anilines is 1. The number of hydrogen-bond donors (Lipinski definition) is 3. The van der Waals surface area contributed by atoms with Gasteiger partial charge in [0.15, 0.2) is 0 Å². The van der Waals surface area contributed by atoms with Gasteiger partial charge in [-0.25, -0.2) is 4.98 Å². The minimum atomic E-state index is 0.115. The van der Waals surface area contributed by atoms with Crippen molar-refractivity contribution in [1.29, 1.82) is 0 Å². The van der Waals surface area contributed by atoms with Gasteiger partial charge in [0.1, 0.15) is 11.6 Å². The van der Waals surface area contributed by atoms with Crippen LogP contribution in [0.1, 0.15) is 30.3 Å². The number of imidazole rings is 1. The second kappa shape index (κ2) is 3.52. The second-order valence-electron chi connectivity index (χ2n) is 4.64. The highest BCUT2D eigenvalue weighted by atomic mass is 16.3. The van der Waals surface area contributed by atoms with E-state index in [1.165, 1.54) is 12.8 Å². The Morgan fingerprint density at radius 2 is 2.18 bits per heavy atom. The lowest BCUT2D eigenvalue weighted by Gasteiger charge is -2.02. The normalized spacial score (nSPS) is 15.1. The molecule has 1 heterocycles. The number of hydrogen-bond acceptors (Lipinski definition) is 3. The average molecular weight is 229 g/mol. The van der Waals surface area contributed by atoms with Crippen molar-refractivity contribution in [3.05, 3.63) is 29.7 Å². The molecule has 0 saturated heterocycles. The standard InChI is InChI=1S/C13H15N3O/c1-7-12(16-13(15-7)8-2-3-8)9-4-5-11(17)10(14)6-9/h4-6,8,17H,2-3,14H2,1H3,(H,15,16). The number of benzene rings is 1. The number of phenols is 1. The molecule has 4 N–H and O–H groups in total. The largest absolute Gasteiger partial charge is 0.506 e. The zero-order valence-corrected chi connectivity index (χ0v) is 9.70. The highest BCUT2D eigenvalue weighted by Crippen LogP contribution is 2.40. The summed E-state index contributed by atoms with van der Waals surface area (Å²) in [6.45, 7) is 2.01. The number of rotatable bonds is 2. The molecule has 1 aromatic carbocycles. The summed E-state index contributed by atoms with van der Waals surface area (Å²) in [6, 6.07) is 5.20. The number of aryl methyl sites for hydroxylation is 1. The first kappa shape index (κ1) is 10.2. The van der Waals surface area contributed by atoms with Crippen LogP contribution < -0.4 is 5.73 Å². The summed E-state index contributed by atoms with van der Waals surface area (Å²) in [7, 11) is 0. The number of nitrogens with one attached hydrogen (secondary N) is 1. The summed E-state index contributed by atoms with van der Waals surface area (Å²) in [4.78, 5) is 7.94. The Morgan fingerprint density at radius 1 is 1.41 bits per heavy atom. The molecule has 1 fully saturated rings. The van der Waals surface area contributed by atoms with Gasteiger partial charge in [0.2, 0.25) is 0 Å². The molecule has 1 aliphatic carbocycles. The first-order valence-corrected chi connectivity index (χ1v) is 5.80.